The van der Waals surface area contributed by atoms with E-state index in [0.29, 0.717) is 0 Å². The van der Waals surface area contributed by atoms with Gasteiger partial charge in [-0.3, -0.25) is 4.79 Å². The molecule has 1 aliphatic heterocycles. The van der Waals surface area contributed by atoms with Crippen LogP contribution in [0.2, 0.25) is 0 Å². The van der Waals surface area contributed by atoms with Crippen molar-refractivity contribution < 1.29 is 28.5 Å². The Bertz CT molecular complexity index is 452. The first kappa shape index (κ1) is 18.1. The van der Waals surface area contributed by atoms with Gasteiger partial charge in [-0.05, 0) is 5.23 Å². The molecule has 0 amide bonds. The van der Waals surface area contributed by atoms with E-state index >= 15 is 0 Å². The SMILES string of the molecule is C=CCOC1OC(C[S-](=C)=C=O)C(C=O)C(OC)C1OC. The van der Waals surface area contributed by atoms with Gasteiger partial charge in [-0.2, -0.15) is 0 Å². The molecule has 1 aliphatic rings. The lowest BCUT2D eigenvalue weighted by Gasteiger charge is -2.44. The predicted molar refractivity (Wildman–Crippen MR) is 81.0 cm³/mol. The van der Waals surface area contributed by atoms with E-state index < -0.39 is 40.6 Å². The highest BCUT2D eigenvalue weighted by Crippen LogP contribution is 2.29. The highest BCUT2D eigenvalue weighted by Gasteiger charge is 2.45. The fraction of sp³-hybridized carbons (Fsp3) is 0.643. The average molecular weight is 317 g/mol. The first-order valence-corrected chi connectivity index (χ1v) is 7.96. The molecular weight excluding hydrogens is 296 g/mol. The quantitative estimate of drug-likeness (QED) is 0.269. The monoisotopic (exact) mass is 317 g/mol. The molecule has 0 radical (unpaired) electrons. The van der Waals surface area contributed by atoms with Gasteiger partial charge in [0.25, 0.3) is 0 Å². The molecule has 1 saturated heterocycles. The van der Waals surface area contributed by atoms with Crippen LogP contribution in [0.25, 0.3) is 0 Å². The number of methoxy groups -OCH3 is 2. The third-order valence-corrected chi connectivity index (χ3v) is 4.24. The Labute approximate surface area is 126 Å². The zero-order valence-corrected chi connectivity index (χ0v) is 13.0. The van der Waals surface area contributed by atoms with Gasteiger partial charge in [0.15, 0.2) is 6.29 Å². The number of ether oxygens (including phenoxy) is 4. The summed E-state index contributed by atoms with van der Waals surface area (Å²) >= 11 is 0. The molecule has 0 aromatic rings. The van der Waals surface area contributed by atoms with Crippen molar-refractivity contribution in [1.82, 2.24) is 0 Å². The Morgan fingerprint density at radius 1 is 1.33 bits per heavy atom. The molecule has 0 aromatic heterocycles. The maximum atomic E-state index is 11.4. The molecule has 5 unspecified atom stereocenters. The Morgan fingerprint density at radius 2 is 2.00 bits per heavy atom. The Morgan fingerprint density at radius 3 is 2.48 bits per heavy atom. The summed E-state index contributed by atoms with van der Waals surface area (Å²) in [5.74, 6) is 3.40. The van der Waals surface area contributed by atoms with Crippen LogP contribution < -0.4 is 0 Å². The molecule has 0 aliphatic carbocycles. The summed E-state index contributed by atoms with van der Waals surface area (Å²) in [4.78, 5) is 22.1. The summed E-state index contributed by atoms with van der Waals surface area (Å²) in [5.41, 5.74) is 0. The van der Waals surface area contributed by atoms with Gasteiger partial charge in [0, 0.05) is 14.2 Å². The average Bonchev–Trinajstić information content (AvgIpc) is 2.51. The molecule has 6 nitrogen and oxygen atoms in total. The van der Waals surface area contributed by atoms with Crippen LogP contribution in [-0.4, -0.2) is 68.6 Å². The van der Waals surface area contributed by atoms with Crippen molar-refractivity contribution in [3.8, 4) is 0 Å². The normalized spacial score (nSPS) is 32.6. The summed E-state index contributed by atoms with van der Waals surface area (Å²) in [6.07, 6.45) is 0.0390. The largest absolute Gasteiger partial charge is 0.392 e. The highest BCUT2D eigenvalue weighted by molar-refractivity contribution is 7.92. The van der Waals surface area contributed by atoms with E-state index in [-0.39, 0.29) is 12.4 Å². The van der Waals surface area contributed by atoms with Crippen LogP contribution >= 0.6 is 0 Å². The molecule has 120 valence electrons. The molecule has 1 heterocycles. The van der Waals surface area contributed by atoms with E-state index in [1.807, 2.05) is 5.23 Å². The van der Waals surface area contributed by atoms with Crippen LogP contribution in [-0.2, 0) is 38.6 Å². The lowest BCUT2D eigenvalue weighted by atomic mass is 9.90. The van der Waals surface area contributed by atoms with E-state index in [1.165, 1.54) is 14.2 Å². The summed E-state index contributed by atoms with van der Waals surface area (Å²) in [5, 5.41) is 1.81. The minimum atomic E-state index is -0.859. The fourth-order valence-electron chi connectivity index (χ4n) is 2.31. The molecule has 21 heavy (non-hydrogen) atoms. The summed E-state index contributed by atoms with van der Waals surface area (Å²) < 4.78 is 22.1. The topological polar surface area (TPSA) is 71.1 Å². The zero-order chi connectivity index (χ0) is 15.8. The fourth-order valence-corrected chi connectivity index (χ4v) is 3.07. The van der Waals surface area contributed by atoms with Crippen molar-refractivity contribution in [2.24, 2.45) is 5.92 Å². The Balaban J connectivity index is 3.02. The third kappa shape index (κ3) is 4.51. The second-order valence-corrected chi connectivity index (χ2v) is 6.01. The van der Waals surface area contributed by atoms with Gasteiger partial charge in [0.2, 0.25) is 0 Å². The van der Waals surface area contributed by atoms with Crippen molar-refractivity contribution in [3.63, 3.8) is 0 Å². The lowest BCUT2D eigenvalue weighted by molar-refractivity contribution is -0.281. The molecule has 7 heteroatoms. The molecular formula is C14H21O6S-. The zero-order valence-electron chi connectivity index (χ0n) is 12.2. The van der Waals surface area contributed by atoms with Gasteiger partial charge < -0.3 is 33.8 Å². The van der Waals surface area contributed by atoms with Crippen LogP contribution in [0.1, 0.15) is 0 Å². The molecule has 1 rings (SSSR count). The van der Waals surface area contributed by atoms with E-state index in [1.54, 1.807) is 6.08 Å². The standard InChI is InChI=1S/C14H21O6S/c1-5-6-19-14-13(18-3)12(17-2)10(7-15)11(20-14)8-21(4)9-16/h5,7,10-14H,1,4,6,8H2,2-3H3/q-1. The molecule has 0 bridgehead atoms. The Hall–Kier alpha value is -0.950. The number of aldehydes is 1. The van der Waals surface area contributed by atoms with Crippen molar-refractivity contribution in [3.05, 3.63) is 12.7 Å². The molecule has 0 N–H and O–H groups in total. The molecule has 0 aromatic carbocycles. The van der Waals surface area contributed by atoms with Crippen LogP contribution in [0.5, 0.6) is 0 Å². The number of hydrogen-bond donors (Lipinski definition) is 0. The van der Waals surface area contributed by atoms with Crippen LogP contribution in [0.3, 0.4) is 0 Å². The van der Waals surface area contributed by atoms with Crippen molar-refractivity contribution in [2.45, 2.75) is 24.6 Å². The maximum Gasteiger partial charge on any atom is 0.186 e. The molecule has 0 spiro atoms. The van der Waals surface area contributed by atoms with Crippen LogP contribution in [0, 0.1) is 5.92 Å². The minimum Gasteiger partial charge on any atom is -0.392 e. The summed E-state index contributed by atoms with van der Waals surface area (Å²) in [6.45, 7) is 3.85. The first-order chi connectivity index (χ1) is 10.1. The number of carbonyl (C=O) groups is 1. The van der Waals surface area contributed by atoms with Gasteiger partial charge in [-0.15, -0.1) is 6.58 Å². The minimum absolute atomic E-state index is 0.273. The van der Waals surface area contributed by atoms with E-state index in [9.17, 15) is 9.59 Å². The van der Waals surface area contributed by atoms with Crippen molar-refractivity contribution >= 4 is 27.5 Å². The number of carbonyl (C=O) groups excluding carboxylic acids is 2. The van der Waals surface area contributed by atoms with Gasteiger partial charge in [0.05, 0.1) is 18.6 Å². The lowest BCUT2D eigenvalue weighted by Crippen LogP contribution is -2.58. The molecule has 1 fully saturated rings. The maximum absolute atomic E-state index is 11.4. The van der Waals surface area contributed by atoms with Gasteiger partial charge in [-0.1, -0.05) is 11.8 Å². The second kappa shape index (κ2) is 9.15. The number of rotatable bonds is 8. The number of hydrogen-bond acceptors (Lipinski definition) is 7. The molecule has 0 saturated carbocycles. The third-order valence-electron chi connectivity index (χ3n) is 3.27. The smallest absolute Gasteiger partial charge is 0.186 e. The molecule has 5 atom stereocenters. The van der Waals surface area contributed by atoms with E-state index in [2.05, 4.69) is 12.4 Å². The van der Waals surface area contributed by atoms with Crippen molar-refractivity contribution in [2.75, 3.05) is 26.6 Å². The second-order valence-electron chi connectivity index (χ2n) is 4.52. The Kier molecular flexibility index (Phi) is 7.88. The van der Waals surface area contributed by atoms with E-state index in [4.69, 9.17) is 18.9 Å². The summed E-state index contributed by atoms with van der Waals surface area (Å²) in [6, 6.07) is 0. The van der Waals surface area contributed by atoms with Crippen LogP contribution in [0.15, 0.2) is 12.7 Å². The predicted octanol–water partition coefficient (Wildman–Crippen LogP) is -0.123. The highest BCUT2D eigenvalue weighted by atomic mass is 32.2. The van der Waals surface area contributed by atoms with E-state index in [0.717, 1.165) is 6.29 Å². The van der Waals surface area contributed by atoms with Gasteiger partial charge in [-0.25, -0.2) is 5.87 Å². The first-order valence-electron chi connectivity index (χ1n) is 6.40. The van der Waals surface area contributed by atoms with Crippen molar-refractivity contribution in [1.29, 1.82) is 0 Å². The van der Waals surface area contributed by atoms with Gasteiger partial charge in [0.1, 0.15) is 18.5 Å². The van der Waals surface area contributed by atoms with Gasteiger partial charge >= 0.3 is 0 Å². The van der Waals surface area contributed by atoms with Crippen LogP contribution in [0.4, 0.5) is 0 Å². The summed E-state index contributed by atoms with van der Waals surface area (Å²) in [7, 11) is 2.13.